The van der Waals surface area contributed by atoms with E-state index < -0.39 is 6.17 Å². The summed E-state index contributed by atoms with van der Waals surface area (Å²) in [6.07, 6.45) is 7.88. The van der Waals surface area contributed by atoms with Crippen LogP contribution in [0.4, 0.5) is 4.39 Å². The number of hydrogen-bond acceptors (Lipinski definition) is 1. The smallest absolute Gasteiger partial charge is 0.103 e. The van der Waals surface area contributed by atoms with Gasteiger partial charge in [-0.15, -0.1) is 0 Å². The minimum atomic E-state index is -0.520. The van der Waals surface area contributed by atoms with Gasteiger partial charge in [0.1, 0.15) is 6.17 Å². The Kier molecular flexibility index (Phi) is 4.01. The Morgan fingerprint density at radius 3 is 2.13 bits per heavy atom. The molecular weight excluding hydrogens is 189 g/mol. The van der Waals surface area contributed by atoms with E-state index in [4.69, 9.17) is 0 Å². The number of likely N-dealkylation sites (tertiary alicyclic amines) is 1. The van der Waals surface area contributed by atoms with Crippen LogP contribution in [-0.2, 0) is 0 Å². The van der Waals surface area contributed by atoms with E-state index in [9.17, 15) is 4.39 Å². The summed E-state index contributed by atoms with van der Waals surface area (Å²) < 4.78 is 13.0. The van der Waals surface area contributed by atoms with Crippen LogP contribution in [0.1, 0.15) is 51.9 Å². The number of alkyl halides is 1. The van der Waals surface area contributed by atoms with Crippen LogP contribution in [0.3, 0.4) is 0 Å². The molecule has 2 heteroatoms. The molecule has 2 fully saturated rings. The molecule has 0 spiro atoms. The van der Waals surface area contributed by atoms with E-state index in [0.717, 1.165) is 37.9 Å². The van der Waals surface area contributed by atoms with Crippen LogP contribution in [-0.4, -0.2) is 30.2 Å². The first kappa shape index (κ1) is 11.4. The number of rotatable bonds is 2. The van der Waals surface area contributed by atoms with Crippen LogP contribution in [0.2, 0.25) is 0 Å². The molecule has 1 nitrogen and oxygen atoms in total. The van der Waals surface area contributed by atoms with Crippen molar-refractivity contribution in [2.24, 2.45) is 5.92 Å². The number of nitrogens with zero attached hydrogens (tertiary/aromatic N) is 1. The summed E-state index contributed by atoms with van der Waals surface area (Å²) in [4.78, 5) is 2.54. The quantitative estimate of drug-likeness (QED) is 0.679. The average Bonchev–Trinajstić information content (AvgIpc) is 2.30. The summed E-state index contributed by atoms with van der Waals surface area (Å²) >= 11 is 0. The summed E-state index contributed by atoms with van der Waals surface area (Å²) in [7, 11) is 0. The molecule has 2 aliphatic rings. The van der Waals surface area contributed by atoms with Crippen LogP contribution in [0.5, 0.6) is 0 Å². The zero-order valence-corrected chi connectivity index (χ0v) is 9.92. The Bertz CT molecular complexity index is 179. The van der Waals surface area contributed by atoms with Gasteiger partial charge in [-0.3, -0.25) is 0 Å². The minimum absolute atomic E-state index is 0.520. The first-order valence-corrected chi connectivity index (χ1v) is 6.67. The molecule has 0 radical (unpaired) electrons. The summed E-state index contributed by atoms with van der Waals surface area (Å²) in [5.74, 6) is 0.972. The number of hydrogen-bond donors (Lipinski definition) is 0. The lowest BCUT2D eigenvalue weighted by Crippen LogP contribution is -2.43. The van der Waals surface area contributed by atoms with E-state index >= 15 is 0 Å². The lowest BCUT2D eigenvalue weighted by atomic mass is 9.83. The average molecular weight is 213 g/mol. The fourth-order valence-electron chi connectivity index (χ4n) is 3.15. The Labute approximate surface area is 93.0 Å². The van der Waals surface area contributed by atoms with E-state index in [1.165, 1.54) is 32.1 Å². The SMILES string of the molecule is CCC1CCC(N2CCC(F)CC2)CC1. The van der Waals surface area contributed by atoms with Gasteiger partial charge < -0.3 is 4.90 Å². The summed E-state index contributed by atoms with van der Waals surface area (Å²) in [5.41, 5.74) is 0. The van der Waals surface area contributed by atoms with E-state index in [1.54, 1.807) is 0 Å². The van der Waals surface area contributed by atoms with Crippen LogP contribution < -0.4 is 0 Å². The number of piperidine rings is 1. The zero-order chi connectivity index (χ0) is 10.7. The van der Waals surface area contributed by atoms with Crippen molar-refractivity contribution in [1.29, 1.82) is 0 Å². The van der Waals surface area contributed by atoms with Gasteiger partial charge in [-0.2, -0.15) is 0 Å². The molecule has 0 aromatic carbocycles. The highest BCUT2D eigenvalue weighted by molar-refractivity contribution is 4.82. The predicted molar refractivity (Wildman–Crippen MR) is 61.7 cm³/mol. The molecular formula is C13H24FN. The number of halogens is 1. The highest BCUT2D eigenvalue weighted by Crippen LogP contribution is 2.30. The van der Waals surface area contributed by atoms with Crippen LogP contribution >= 0.6 is 0 Å². The van der Waals surface area contributed by atoms with Gasteiger partial charge in [-0.05, 0) is 44.4 Å². The van der Waals surface area contributed by atoms with Crippen molar-refractivity contribution in [2.75, 3.05) is 13.1 Å². The lowest BCUT2D eigenvalue weighted by Gasteiger charge is -2.39. The fourth-order valence-corrected chi connectivity index (χ4v) is 3.15. The van der Waals surface area contributed by atoms with Crippen molar-refractivity contribution in [1.82, 2.24) is 4.90 Å². The highest BCUT2D eigenvalue weighted by Gasteiger charge is 2.28. The Morgan fingerprint density at radius 2 is 1.60 bits per heavy atom. The van der Waals surface area contributed by atoms with Gasteiger partial charge >= 0.3 is 0 Å². The van der Waals surface area contributed by atoms with E-state index in [-0.39, 0.29) is 0 Å². The first-order chi connectivity index (χ1) is 7.29. The molecule has 0 aromatic heterocycles. The molecule has 0 atom stereocenters. The largest absolute Gasteiger partial charge is 0.300 e. The Morgan fingerprint density at radius 1 is 1.00 bits per heavy atom. The molecule has 2 rings (SSSR count). The normalized spacial score (nSPS) is 35.6. The third kappa shape index (κ3) is 2.93. The van der Waals surface area contributed by atoms with Crippen molar-refractivity contribution < 1.29 is 4.39 Å². The molecule has 1 saturated carbocycles. The molecule has 15 heavy (non-hydrogen) atoms. The second-order valence-corrected chi connectivity index (χ2v) is 5.29. The molecule has 1 heterocycles. The van der Waals surface area contributed by atoms with Crippen molar-refractivity contribution in [2.45, 2.75) is 64.1 Å². The third-order valence-corrected chi connectivity index (χ3v) is 4.37. The third-order valence-electron chi connectivity index (χ3n) is 4.37. The van der Waals surface area contributed by atoms with E-state index in [1.807, 2.05) is 0 Å². The van der Waals surface area contributed by atoms with Crippen molar-refractivity contribution in [3.05, 3.63) is 0 Å². The van der Waals surface area contributed by atoms with E-state index in [0.29, 0.717) is 0 Å². The Balaban J connectivity index is 1.75. The van der Waals surface area contributed by atoms with Gasteiger partial charge in [0.25, 0.3) is 0 Å². The monoisotopic (exact) mass is 213 g/mol. The van der Waals surface area contributed by atoms with Crippen LogP contribution in [0.15, 0.2) is 0 Å². The van der Waals surface area contributed by atoms with Gasteiger partial charge in [0.2, 0.25) is 0 Å². The standard InChI is InChI=1S/C13H24FN/c1-2-11-3-5-13(6-4-11)15-9-7-12(14)8-10-15/h11-13H,2-10H2,1H3. The van der Waals surface area contributed by atoms with Gasteiger partial charge in [-0.1, -0.05) is 13.3 Å². The van der Waals surface area contributed by atoms with Gasteiger partial charge in [-0.25, -0.2) is 4.39 Å². The van der Waals surface area contributed by atoms with Gasteiger partial charge in [0, 0.05) is 19.1 Å². The van der Waals surface area contributed by atoms with Crippen molar-refractivity contribution in [3.63, 3.8) is 0 Å². The molecule has 1 aliphatic carbocycles. The van der Waals surface area contributed by atoms with Crippen LogP contribution in [0.25, 0.3) is 0 Å². The maximum Gasteiger partial charge on any atom is 0.103 e. The molecule has 0 N–H and O–H groups in total. The fraction of sp³-hybridized carbons (Fsp3) is 1.00. The van der Waals surface area contributed by atoms with Crippen molar-refractivity contribution in [3.8, 4) is 0 Å². The predicted octanol–water partition coefficient (Wildman–Crippen LogP) is 3.39. The molecule has 1 aliphatic heterocycles. The molecule has 0 aromatic rings. The minimum Gasteiger partial charge on any atom is -0.300 e. The molecule has 0 unspecified atom stereocenters. The summed E-state index contributed by atoms with van der Waals surface area (Å²) in [6, 6.07) is 0.778. The maximum absolute atomic E-state index is 13.0. The highest BCUT2D eigenvalue weighted by atomic mass is 19.1. The zero-order valence-electron chi connectivity index (χ0n) is 9.92. The second kappa shape index (κ2) is 5.29. The van der Waals surface area contributed by atoms with E-state index in [2.05, 4.69) is 11.8 Å². The summed E-state index contributed by atoms with van der Waals surface area (Å²) in [6.45, 7) is 4.31. The molecule has 0 amide bonds. The molecule has 1 saturated heterocycles. The first-order valence-electron chi connectivity index (χ1n) is 6.67. The Hall–Kier alpha value is -0.110. The topological polar surface area (TPSA) is 3.24 Å². The van der Waals surface area contributed by atoms with Gasteiger partial charge in [0.15, 0.2) is 0 Å². The van der Waals surface area contributed by atoms with Crippen molar-refractivity contribution >= 4 is 0 Å². The molecule has 0 bridgehead atoms. The maximum atomic E-state index is 13.0. The second-order valence-electron chi connectivity index (χ2n) is 5.29. The lowest BCUT2D eigenvalue weighted by molar-refractivity contribution is 0.0811. The molecule has 88 valence electrons. The van der Waals surface area contributed by atoms with Crippen LogP contribution in [0, 0.1) is 5.92 Å². The van der Waals surface area contributed by atoms with Gasteiger partial charge in [0.05, 0.1) is 0 Å². The summed E-state index contributed by atoms with van der Waals surface area (Å²) in [5, 5.41) is 0.